The van der Waals surface area contributed by atoms with Crippen LogP contribution in [0.3, 0.4) is 0 Å². The first-order chi connectivity index (χ1) is 7.00. The molecule has 0 aliphatic rings. The van der Waals surface area contributed by atoms with Gasteiger partial charge in [-0.2, -0.15) is 0 Å². The summed E-state index contributed by atoms with van der Waals surface area (Å²) < 4.78 is 5.29. The zero-order valence-electron chi connectivity index (χ0n) is 9.36. The summed E-state index contributed by atoms with van der Waals surface area (Å²) in [6.45, 7) is 4.85. The van der Waals surface area contributed by atoms with Crippen LogP contribution < -0.4 is 0 Å². The second kappa shape index (κ2) is 4.98. The first-order valence-corrected chi connectivity index (χ1v) is 4.95. The van der Waals surface area contributed by atoms with Crippen LogP contribution in [-0.2, 0) is 11.3 Å². The van der Waals surface area contributed by atoms with Gasteiger partial charge in [0.2, 0.25) is 0 Å². The molecule has 0 amide bonds. The van der Waals surface area contributed by atoms with Gasteiger partial charge in [0.15, 0.2) is 0 Å². The molecule has 4 nitrogen and oxygen atoms in total. The Morgan fingerprint density at radius 2 is 2.33 bits per heavy atom. The van der Waals surface area contributed by atoms with Gasteiger partial charge in [0.1, 0.15) is 5.76 Å². The molecule has 0 saturated carbocycles. The second-order valence-electron chi connectivity index (χ2n) is 3.96. The Balaban J connectivity index is 2.46. The van der Waals surface area contributed by atoms with Crippen molar-refractivity contribution in [2.24, 2.45) is 5.92 Å². The summed E-state index contributed by atoms with van der Waals surface area (Å²) in [6, 6.07) is 1.91. The molecule has 84 valence electrons. The monoisotopic (exact) mass is 211 g/mol. The molecule has 1 unspecified atom stereocenters. The molecule has 15 heavy (non-hydrogen) atoms. The zero-order chi connectivity index (χ0) is 11.4. The molecule has 0 bridgehead atoms. The van der Waals surface area contributed by atoms with Gasteiger partial charge in [-0.3, -0.25) is 9.69 Å². The number of aliphatic carboxylic acids is 1. The van der Waals surface area contributed by atoms with Gasteiger partial charge in [0, 0.05) is 6.54 Å². The van der Waals surface area contributed by atoms with Crippen molar-refractivity contribution in [1.29, 1.82) is 0 Å². The van der Waals surface area contributed by atoms with Crippen molar-refractivity contribution in [3.63, 3.8) is 0 Å². The molecule has 0 fully saturated rings. The molecule has 1 aromatic rings. The smallest absolute Gasteiger partial charge is 0.307 e. The van der Waals surface area contributed by atoms with E-state index in [0.717, 1.165) is 11.3 Å². The zero-order valence-corrected chi connectivity index (χ0v) is 9.36. The van der Waals surface area contributed by atoms with E-state index in [9.17, 15) is 4.79 Å². The molecular formula is C11H17NO3. The molecule has 1 rings (SSSR count). The first-order valence-electron chi connectivity index (χ1n) is 4.95. The van der Waals surface area contributed by atoms with Crippen LogP contribution in [0.2, 0.25) is 0 Å². The quantitative estimate of drug-likeness (QED) is 0.806. The SMILES string of the molecule is Cc1ccoc1CN(C)CC(C)C(=O)O. The Morgan fingerprint density at radius 1 is 1.67 bits per heavy atom. The van der Waals surface area contributed by atoms with E-state index in [4.69, 9.17) is 9.52 Å². The summed E-state index contributed by atoms with van der Waals surface area (Å²) in [6.07, 6.45) is 1.65. The van der Waals surface area contributed by atoms with E-state index < -0.39 is 5.97 Å². The maximum Gasteiger partial charge on any atom is 0.307 e. The maximum atomic E-state index is 10.7. The van der Waals surface area contributed by atoms with Crippen LogP contribution in [0.4, 0.5) is 0 Å². The minimum absolute atomic E-state index is 0.356. The molecule has 1 N–H and O–H groups in total. The highest BCUT2D eigenvalue weighted by atomic mass is 16.4. The largest absolute Gasteiger partial charge is 0.481 e. The van der Waals surface area contributed by atoms with Crippen LogP contribution in [0.5, 0.6) is 0 Å². The third-order valence-corrected chi connectivity index (χ3v) is 2.39. The molecule has 0 saturated heterocycles. The van der Waals surface area contributed by atoms with Crippen molar-refractivity contribution in [3.8, 4) is 0 Å². The van der Waals surface area contributed by atoms with Crippen LogP contribution in [0.1, 0.15) is 18.2 Å². The standard InChI is InChI=1S/C11H17NO3/c1-8-4-5-15-10(8)7-12(3)6-9(2)11(13)14/h4-5,9H,6-7H2,1-3H3,(H,13,14). The maximum absolute atomic E-state index is 10.7. The number of carboxylic acid groups (broad SMARTS) is 1. The topological polar surface area (TPSA) is 53.7 Å². The van der Waals surface area contributed by atoms with E-state index in [1.807, 2.05) is 24.9 Å². The van der Waals surface area contributed by atoms with Crippen molar-refractivity contribution >= 4 is 5.97 Å². The van der Waals surface area contributed by atoms with Crippen molar-refractivity contribution in [2.75, 3.05) is 13.6 Å². The minimum Gasteiger partial charge on any atom is -0.481 e. The van der Waals surface area contributed by atoms with Crippen molar-refractivity contribution in [2.45, 2.75) is 20.4 Å². The van der Waals surface area contributed by atoms with E-state index in [-0.39, 0.29) is 5.92 Å². The minimum atomic E-state index is -0.766. The normalized spacial score (nSPS) is 13.1. The van der Waals surface area contributed by atoms with E-state index in [1.54, 1.807) is 13.2 Å². The summed E-state index contributed by atoms with van der Waals surface area (Å²) in [5, 5.41) is 8.76. The molecule has 1 aromatic heterocycles. The summed E-state index contributed by atoms with van der Waals surface area (Å²) in [5.41, 5.74) is 1.10. The number of hydrogen-bond acceptors (Lipinski definition) is 3. The van der Waals surface area contributed by atoms with Crippen LogP contribution >= 0.6 is 0 Å². The van der Waals surface area contributed by atoms with Gasteiger partial charge in [-0.25, -0.2) is 0 Å². The molecule has 0 spiro atoms. The van der Waals surface area contributed by atoms with Gasteiger partial charge in [0.25, 0.3) is 0 Å². The Morgan fingerprint density at radius 3 is 2.80 bits per heavy atom. The Bertz CT molecular complexity index is 332. The van der Waals surface area contributed by atoms with Crippen molar-refractivity contribution in [3.05, 3.63) is 23.7 Å². The fourth-order valence-electron chi connectivity index (χ4n) is 1.42. The number of carbonyl (C=O) groups is 1. The average molecular weight is 211 g/mol. The van der Waals surface area contributed by atoms with Crippen LogP contribution in [0.15, 0.2) is 16.7 Å². The number of rotatable bonds is 5. The lowest BCUT2D eigenvalue weighted by atomic mass is 10.1. The third kappa shape index (κ3) is 3.40. The van der Waals surface area contributed by atoms with E-state index in [0.29, 0.717) is 13.1 Å². The number of carboxylic acids is 1. The third-order valence-electron chi connectivity index (χ3n) is 2.39. The van der Waals surface area contributed by atoms with Crippen LogP contribution in [-0.4, -0.2) is 29.6 Å². The van der Waals surface area contributed by atoms with E-state index in [1.165, 1.54) is 0 Å². The highest BCUT2D eigenvalue weighted by Gasteiger charge is 2.14. The van der Waals surface area contributed by atoms with Gasteiger partial charge in [-0.15, -0.1) is 0 Å². The van der Waals surface area contributed by atoms with E-state index >= 15 is 0 Å². The van der Waals surface area contributed by atoms with Gasteiger partial charge in [0.05, 0.1) is 18.7 Å². The van der Waals surface area contributed by atoms with Crippen molar-refractivity contribution in [1.82, 2.24) is 4.90 Å². The Labute approximate surface area is 89.5 Å². The summed E-state index contributed by atoms with van der Waals surface area (Å²) in [4.78, 5) is 12.6. The van der Waals surface area contributed by atoms with E-state index in [2.05, 4.69) is 0 Å². The molecule has 0 aromatic carbocycles. The highest BCUT2D eigenvalue weighted by Crippen LogP contribution is 2.11. The first kappa shape index (κ1) is 11.8. The highest BCUT2D eigenvalue weighted by molar-refractivity contribution is 5.69. The lowest BCUT2D eigenvalue weighted by Gasteiger charge is -2.17. The van der Waals surface area contributed by atoms with Gasteiger partial charge in [-0.1, -0.05) is 6.92 Å². The molecular weight excluding hydrogens is 194 g/mol. The Hall–Kier alpha value is -1.29. The van der Waals surface area contributed by atoms with Crippen LogP contribution in [0, 0.1) is 12.8 Å². The predicted molar refractivity (Wildman–Crippen MR) is 56.6 cm³/mol. The molecule has 1 atom stereocenters. The lowest BCUT2D eigenvalue weighted by molar-refractivity contribution is -0.141. The molecule has 4 heteroatoms. The fraction of sp³-hybridized carbons (Fsp3) is 0.545. The summed E-state index contributed by atoms with van der Waals surface area (Å²) in [5.74, 6) is -0.224. The van der Waals surface area contributed by atoms with Gasteiger partial charge < -0.3 is 9.52 Å². The number of hydrogen-bond donors (Lipinski definition) is 1. The summed E-state index contributed by atoms with van der Waals surface area (Å²) >= 11 is 0. The van der Waals surface area contributed by atoms with Gasteiger partial charge in [-0.05, 0) is 25.6 Å². The number of aryl methyl sites for hydroxylation is 1. The van der Waals surface area contributed by atoms with Crippen molar-refractivity contribution < 1.29 is 14.3 Å². The molecule has 1 heterocycles. The average Bonchev–Trinajstić information content (AvgIpc) is 2.51. The number of furan rings is 1. The molecule has 0 aliphatic heterocycles. The predicted octanol–water partition coefficient (Wildman–Crippen LogP) is 1.74. The number of nitrogens with zero attached hydrogens (tertiary/aromatic N) is 1. The van der Waals surface area contributed by atoms with Gasteiger partial charge >= 0.3 is 5.97 Å². The fourth-order valence-corrected chi connectivity index (χ4v) is 1.42. The molecule has 0 radical (unpaired) electrons. The molecule has 0 aliphatic carbocycles. The second-order valence-corrected chi connectivity index (χ2v) is 3.96. The van der Waals surface area contributed by atoms with Crippen LogP contribution in [0.25, 0.3) is 0 Å². The Kier molecular flexibility index (Phi) is 3.91. The summed E-state index contributed by atoms with van der Waals surface area (Å²) in [7, 11) is 1.89. The lowest BCUT2D eigenvalue weighted by Crippen LogP contribution is -2.28.